The van der Waals surface area contributed by atoms with Gasteiger partial charge in [-0.05, 0) is 44.4 Å². The first-order valence-electron chi connectivity index (χ1n) is 7.06. The molecular formula is C14H25NO2. The summed E-state index contributed by atoms with van der Waals surface area (Å²) in [6.45, 7) is 2.23. The molecule has 1 N–H and O–H groups in total. The number of ether oxygens (including phenoxy) is 1. The van der Waals surface area contributed by atoms with Gasteiger partial charge >= 0.3 is 5.97 Å². The molecule has 3 nitrogen and oxygen atoms in total. The van der Waals surface area contributed by atoms with Gasteiger partial charge in [0.05, 0.1) is 7.11 Å². The zero-order valence-corrected chi connectivity index (χ0v) is 11.1. The Kier molecular flexibility index (Phi) is 4.43. The van der Waals surface area contributed by atoms with E-state index < -0.39 is 0 Å². The zero-order valence-electron chi connectivity index (χ0n) is 11.1. The molecule has 0 saturated heterocycles. The fraction of sp³-hybridized carbons (Fsp3) is 0.929. The second-order valence-electron chi connectivity index (χ2n) is 5.69. The van der Waals surface area contributed by atoms with Gasteiger partial charge in [-0.25, -0.2) is 0 Å². The van der Waals surface area contributed by atoms with Crippen LogP contribution in [-0.4, -0.2) is 25.2 Å². The SMILES string of the molecule is COC(=O)C(N[C@@H](C)C1CCCCC1)C1CC1. The third-order valence-electron chi connectivity index (χ3n) is 4.35. The molecule has 2 fully saturated rings. The van der Waals surface area contributed by atoms with Crippen LogP contribution in [0.5, 0.6) is 0 Å². The molecule has 17 heavy (non-hydrogen) atoms. The van der Waals surface area contributed by atoms with Crippen LogP contribution in [0.1, 0.15) is 51.9 Å². The largest absolute Gasteiger partial charge is 0.468 e. The molecule has 0 bridgehead atoms. The van der Waals surface area contributed by atoms with Gasteiger partial charge in [0.2, 0.25) is 0 Å². The van der Waals surface area contributed by atoms with Crippen molar-refractivity contribution in [1.82, 2.24) is 5.32 Å². The topological polar surface area (TPSA) is 38.3 Å². The van der Waals surface area contributed by atoms with Crippen molar-refractivity contribution in [2.45, 2.75) is 64.0 Å². The molecular weight excluding hydrogens is 214 g/mol. The summed E-state index contributed by atoms with van der Waals surface area (Å²) in [5, 5.41) is 3.52. The lowest BCUT2D eigenvalue weighted by atomic mass is 9.84. The predicted molar refractivity (Wildman–Crippen MR) is 67.7 cm³/mol. The molecule has 2 rings (SSSR count). The van der Waals surface area contributed by atoms with E-state index in [2.05, 4.69) is 12.2 Å². The molecule has 2 saturated carbocycles. The van der Waals surface area contributed by atoms with Crippen molar-refractivity contribution in [3.05, 3.63) is 0 Å². The molecule has 0 heterocycles. The van der Waals surface area contributed by atoms with E-state index in [-0.39, 0.29) is 12.0 Å². The van der Waals surface area contributed by atoms with Crippen molar-refractivity contribution in [2.24, 2.45) is 11.8 Å². The Balaban J connectivity index is 1.85. The van der Waals surface area contributed by atoms with Crippen molar-refractivity contribution in [2.75, 3.05) is 7.11 Å². The number of hydrogen-bond donors (Lipinski definition) is 1. The standard InChI is InChI=1S/C14H25NO2/c1-10(11-6-4-3-5-7-11)15-13(12-8-9-12)14(16)17-2/h10-13,15H,3-9H2,1-2H3/t10-,13?/m0/s1. The lowest BCUT2D eigenvalue weighted by Crippen LogP contribution is -2.47. The molecule has 2 atom stereocenters. The number of esters is 1. The molecule has 0 aliphatic heterocycles. The van der Waals surface area contributed by atoms with Crippen LogP contribution >= 0.6 is 0 Å². The summed E-state index contributed by atoms with van der Waals surface area (Å²) < 4.78 is 4.90. The monoisotopic (exact) mass is 239 g/mol. The summed E-state index contributed by atoms with van der Waals surface area (Å²) in [5.41, 5.74) is 0. The van der Waals surface area contributed by atoms with E-state index in [1.165, 1.54) is 52.1 Å². The van der Waals surface area contributed by atoms with Crippen LogP contribution in [-0.2, 0) is 9.53 Å². The van der Waals surface area contributed by atoms with Crippen LogP contribution < -0.4 is 5.32 Å². The van der Waals surface area contributed by atoms with E-state index in [1.54, 1.807) is 0 Å². The van der Waals surface area contributed by atoms with Gasteiger partial charge in [0, 0.05) is 6.04 Å². The lowest BCUT2D eigenvalue weighted by Gasteiger charge is -2.31. The van der Waals surface area contributed by atoms with Gasteiger partial charge in [-0.3, -0.25) is 4.79 Å². The lowest BCUT2D eigenvalue weighted by molar-refractivity contribution is -0.144. The molecule has 0 aromatic heterocycles. The number of rotatable bonds is 5. The first kappa shape index (κ1) is 12.9. The molecule has 98 valence electrons. The molecule has 0 spiro atoms. The number of carbonyl (C=O) groups excluding carboxylic acids is 1. The molecule has 3 heteroatoms. The van der Waals surface area contributed by atoms with Gasteiger partial charge in [-0.15, -0.1) is 0 Å². The number of hydrogen-bond acceptors (Lipinski definition) is 3. The Hall–Kier alpha value is -0.570. The zero-order chi connectivity index (χ0) is 12.3. The maximum absolute atomic E-state index is 11.7. The molecule has 2 aliphatic rings. The fourth-order valence-corrected chi connectivity index (χ4v) is 3.01. The van der Waals surface area contributed by atoms with Crippen molar-refractivity contribution in [1.29, 1.82) is 0 Å². The van der Waals surface area contributed by atoms with Gasteiger partial charge in [0.15, 0.2) is 0 Å². The Morgan fingerprint density at radius 2 is 1.76 bits per heavy atom. The number of carbonyl (C=O) groups is 1. The molecule has 1 unspecified atom stereocenters. The minimum atomic E-state index is -0.0739. The van der Waals surface area contributed by atoms with Crippen molar-refractivity contribution in [3.8, 4) is 0 Å². The summed E-state index contributed by atoms with van der Waals surface area (Å²) in [6, 6.07) is 0.386. The average Bonchev–Trinajstić information content (AvgIpc) is 3.20. The van der Waals surface area contributed by atoms with Gasteiger partial charge in [-0.2, -0.15) is 0 Å². The highest BCUT2D eigenvalue weighted by Crippen LogP contribution is 2.34. The van der Waals surface area contributed by atoms with Crippen LogP contribution in [0.15, 0.2) is 0 Å². The Morgan fingerprint density at radius 3 is 2.29 bits per heavy atom. The molecule has 0 amide bonds. The van der Waals surface area contributed by atoms with Crippen LogP contribution in [0.25, 0.3) is 0 Å². The van der Waals surface area contributed by atoms with E-state index in [4.69, 9.17) is 4.74 Å². The Morgan fingerprint density at radius 1 is 1.12 bits per heavy atom. The quantitative estimate of drug-likeness (QED) is 0.749. The van der Waals surface area contributed by atoms with E-state index >= 15 is 0 Å². The highest BCUT2D eigenvalue weighted by atomic mass is 16.5. The second kappa shape index (κ2) is 5.85. The Bertz CT molecular complexity index is 257. The number of methoxy groups -OCH3 is 1. The minimum absolute atomic E-state index is 0.0584. The molecule has 0 radical (unpaired) electrons. The van der Waals surface area contributed by atoms with Gasteiger partial charge in [-0.1, -0.05) is 19.3 Å². The van der Waals surface area contributed by atoms with E-state index in [0.717, 1.165) is 5.92 Å². The first-order valence-corrected chi connectivity index (χ1v) is 7.06. The normalized spacial score (nSPS) is 25.3. The summed E-state index contributed by atoms with van der Waals surface area (Å²) in [7, 11) is 1.49. The summed E-state index contributed by atoms with van der Waals surface area (Å²) in [4.78, 5) is 11.7. The first-order chi connectivity index (χ1) is 8.22. The predicted octanol–water partition coefficient (Wildman–Crippen LogP) is 2.50. The summed E-state index contributed by atoms with van der Waals surface area (Å²) in [5.74, 6) is 1.19. The maximum Gasteiger partial charge on any atom is 0.323 e. The highest BCUT2D eigenvalue weighted by molar-refractivity contribution is 5.76. The Labute approximate surface area is 104 Å². The molecule has 0 aromatic carbocycles. The van der Waals surface area contributed by atoms with Crippen LogP contribution in [0.4, 0.5) is 0 Å². The van der Waals surface area contributed by atoms with E-state index in [0.29, 0.717) is 12.0 Å². The summed E-state index contributed by atoms with van der Waals surface area (Å²) in [6.07, 6.45) is 9.05. The van der Waals surface area contributed by atoms with Gasteiger partial charge < -0.3 is 10.1 Å². The van der Waals surface area contributed by atoms with Crippen molar-refractivity contribution < 1.29 is 9.53 Å². The third-order valence-corrected chi connectivity index (χ3v) is 4.35. The third kappa shape index (κ3) is 3.44. The van der Waals surface area contributed by atoms with Crippen LogP contribution in [0, 0.1) is 11.8 Å². The number of nitrogens with one attached hydrogen (secondary N) is 1. The fourth-order valence-electron chi connectivity index (χ4n) is 3.01. The average molecular weight is 239 g/mol. The van der Waals surface area contributed by atoms with Crippen LogP contribution in [0.3, 0.4) is 0 Å². The molecule has 0 aromatic rings. The van der Waals surface area contributed by atoms with Crippen molar-refractivity contribution >= 4 is 5.97 Å². The smallest absolute Gasteiger partial charge is 0.323 e. The van der Waals surface area contributed by atoms with Crippen molar-refractivity contribution in [3.63, 3.8) is 0 Å². The minimum Gasteiger partial charge on any atom is -0.468 e. The maximum atomic E-state index is 11.7. The molecule has 2 aliphatic carbocycles. The van der Waals surface area contributed by atoms with E-state index in [1.807, 2.05) is 0 Å². The van der Waals surface area contributed by atoms with Gasteiger partial charge in [0.1, 0.15) is 6.04 Å². The van der Waals surface area contributed by atoms with Crippen LogP contribution in [0.2, 0.25) is 0 Å². The summed E-state index contributed by atoms with van der Waals surface area (Å²) >= 11 is 0. The highest BCUT2D eigenvalue weighted by Gasteiger charge is 2.38. The second-order valence-corrected chi connectivity index (χ2v) is 5.69. The van der Waals surface area contributed by atoms with E-state index in [9.17, 15) is 4.79 Å². The van der Waals surface area contributed by atoms with Gasteiger partial charge in [0.25, 0.3) is 0 Å².